The van der Waals surface area contributed by atoms with Gasteiger partial charge >= 0.3 is 0 Å². The summed E-state index contributed by atoms with van der Waals surface area (Å²) in [6.07, 6.45) is 2.36. The number of hydrogen-bond donors (Lipinski definition) is 1. The van der Waals surface area contributed by atoms with E-state index in [9.17, 15) is 17.6 Å². The Morgan fingerprint density at radius 2 is 1.81 bits per heavy atom. The zero-order valence-corrected chi connectivity index (χ0v) is 16.2. The van der Waals surface area contributed by atoms with Gasteiger partial charge in [0.15, 0.2) is 0 Å². The van der Waals surface area contributed by atoms with Crippen molar-refractivity contribution < 1.29 is 17.6 Å². The molecule has 27 heavy (non-hydrogen) atoms. The van der Waals surface area contributed by atoms with Crippen molar-refractivity contribution in [3.05, 3.63) is 65.5 Å². The number of nitrogens with zero attached hydrogens (tertiary/aromatic N) is 2. The number of anilines is 1. The smallest absolute Gasteiger partial charge is 0.260 e. The molecule has 0 saturated carbocycles. The van der Waals surface area contributed by atoms with Crippen LogP contribution in [0, 0.1) is 5.82 Å². The van der Waals surface area contributed by atoms with Crippen molar-refractivity contribution in [3.8, 4) is 0 Å². The van der Waals surface area contributed by atoms with Crippen LogP contribution >= 0.6 is 0 Å². The highest BCUT2D eigenvalue weighted by atomic mass is 32.2. The number of halogens is 1. The molecule has 2 rings (SSSR count). The third-order valence-corrected chi connectivity index (χ3v) is 4.94. The lowest BCUT2D eigenvalue weighted by atomic mass is 10.0. The van der Waals surface area contributed by atoms with Gasteiger partial charge in [0.1, 0.15) is 12.4 Å². The SMILES string of the molecule is CC(C)c1ccc(/C=N\NC(=O)CN(c2ccccc2F)S(C)(=O)=O)cc1. The molecular formula is C19H22FN3O3S. The van der Waals surface area contributed by atoms with Crippen LogP contribution in [0.2, 0.25) is 0 Å². The number of benzene rings is 2. The van der Waals surface area contributed by atoms with E-state index in [0.717, 1.165) is 17.9 Å². The average molecular weight is 391 g/mol. The maximum absolute atomic E-state index is 13.9. The van der Waals surface area contributed by atoms with Gasteiger partial charge in [-0.3, -0.25) is 9.10 Å². The second-order valence-electron chi connectivity index (χ2n) is 6.34. The number of amides is 1. The number of carbonyl (C=O) groups excluding carboxylic acids is 1. The fraction of sp³-hybridized carbons (Fsp3) is 0.263. The Bertz CT molecular complexity index is 925. The molecule has 6 nitrogen and oxygen atoms in total. The molecule has 0 radical (unpaired) electrons. The normalized spacial score (nSPS) is 11.7. The summed E-state index contributed by atoms with van der Waals surface area (Å²) in [6, 6.07) is 13.0. The summed E-state index contributed by atoms with van der Waals surface area (Å²) < 4.78 is 38.5. The molecule has 0 aromatic heterocycles. The van der Waals surface area contributed by atoms with E-state index in [1.807, 2.05) is 24.3 Å². The lowest BCUT2D eigenvalue weighted by molar-refractivity contribution is -0.119. The number of para-hydroxylation sites is 1. The summed E-state index contributed by atoms with van der Waals surface area (Å²) in [5.41, 5.74) is 4.04. The van der Waals surface area contributed by atoms with Crippen molar-refractivity contribution in [2.75, 3.05) is 17.1 Å². The molecule has 0 aliphatic carbocycles. The van der Waals surface area contributed by atoms with Crippen molar-refractivity contribution in [1.82, 2.24) is 5.43 Å². The molecule has 0 spiro atoms. The molecule has 0 bridgehead atoms. The van der Waals surface area contributed by atoms with Gasteiger partial charge in [-0.05, 0) is 29.2 Å². The van der Waals surface area contributed by atoms with Crippen molar-refractivity contribution in [2.24, 2.45) is 5.10 Å². The average Bonchev–Trinajstić information content (AvgIpc) is 2.60. The quantitative estimate of drug-likeness (QED) is 0.582. The molecule has 0 fully saturated rings. The molecule has 2 aromatic rings. The summed E-state index contributed by atoms with van der Waals surface area (Å²) in [5.74, 6) is -1.00. The Kier molecular flexibility index (Phi) is 6.68. The van der Waals surface area contributed by atoms with Crippen LogP contribution in [0.3, 0.4) is 0 Å². The van der Waals surface area contributed by atoms with Crippen molar-refractivity contribution in [1.29, 1.82) is 0 Å². The predicted molar refractivity (Wildman–Crippen MR) is 105 cm³/mol. The summed E-state index contributed by atoms with van der Waals surface area (Å²) in [7, 11) is -3.85. The van der Waals surface area contributed by atoms with E-state index in [4.69, 9.17) is 0 Å². The standard InChI is InChI=1S/C19H22FN3O3S/c1-14(2)16-10-8-15(9-11-16)12-21-22-19(24)13-23(27(3,25)26)18-7-5-4-6-17(18)20/h4-12,14H,13H2,1-3H3,(H,22,24)/b21-12-. The Labute approximate surface area is 158 Å². The summed E-state index contributed by atoms with van der Waals surface area (Å²) >= 11 is 0. The molecule has 0 aliphatic rings. The zero-order chi connectivity index (χ0) is 20.0. The first kappa shape index (κ1) is 20.6. The van der Waals surface area contributed by atoms with Gasteiger partial charge < -0.3 is 0 Å². The van der Waals surface area contributed by atoms with Crippen molar-refractivity contribution in [3.63, 3.8) is 0 Å². The number of sulfonamides is 1. The Hall–Kier alpha value is -2.74. The first-order valence-electron chi connectivity index (χ1n) is 8.32. The van der Waals surface area contributed by atoms with E-state index >= 15 is 0 Å². The van der Waals surface area contributed by atoms with Gasteiger partial charge in [-0.25, -0.2) is 18.2 Å². The fourth-order valence-electron chi connectivity index (χ4n) is 2.35. The number of nitrogens with one attached hydrogen (secondary N) is 1. The van der Waals surface area contributed by atoms with Crippen LogP contribution in [0.4, 0.5) is 10.1 Å². The van der Waals surface area contributed by atoms with Crippen LogP contribution in [0.15, 0.2) is 53.6 Å². The molecule has 144 valence electrons. The molecule has 8 heteroatoms. The van der Waals surface area contributed by atoms with Crippen LogP contribution in [0.1, 0.15) is 30.9 Å². The number of carbonyl (C=O) groups is 1. The van der Waals surface area contributed by atoms with E-state index in [-0.39, 0.29) is 5.69 Å². The van der Waals surface area contributed by atoms with Gasteiger partial charge in [0.2, 0.25) is 10.0 Å². The highest BCUT2D eigenvalue weighted by molar-refractivity contribution is 7.92. The molecule has 0 heterocycles. The monoisotopic (exact) mass is 391 g/mol. The minimum absolute atomic E-state index is 0.191. The van der Waals surface area contributed by atoms with E-state index in [0.29, 0.717) is 10.2 Å². The summed E-state index contributed by atoms with van der Waals surface area (Å²) in [5, 5.41) is 3.83. The summed E-state index contributed by atoms with van der Waals surface area (Å²) in [4.78, 5) is 12.1. The molecule has 0 aliphatic heterocycles. The van der Waals surface area contributed by atoms with Crippen LogP contribution in [-0.2, 0) is 14.8 Å². The van der Waals surface area contributed by atoms with E-state index < -0.39 is 28.3 Å². The third kappa shape index (κ3) is 5.89. The number of hydrazone groups is 1. The van der Waals surface area contributed by atoms with Gasteiger partial charge in [0.25, 0.3) is 5.91 Å². The molecular weight excluding hydrogens is 369 g/mol. The highest BCUT2D eigenvalue weighted by Gasteiger charge is 2.23. The van der Waals surface area contributed by atoms with Gasteiger partial charge in [0, 0.05) is 0 Å². The van der Waals surface area contributed by atoms with Gasteiger partial charge in [0.05, 0.1) is 18.2 Å². The number of hydrogen-bond acceptors (Lipinski definition) is 4. The maximum Gasteiger partial charge on any atom is 0.260 e. The summed E-state index contributed by atoms with van der Waals surface area (Å²) in [6.45, 7) is 3.60. The van der Waals surface area contributed by atoms with Crippen LogP contribution in [0.5, 0.6) is 0 Å². The molecule has 1 amide bonds. The van der Waals surface area contributed by atoms with Crippen LogP contribution in [-0.4, -0.2) is 33.3 Å². The second kappa shape index (κ2) is 8.77. The highest BCUT2D eigenvalue weighted by Crippen LogP contribution is 2.20. The van der Waals surface area contributed by atoms with Gasteiger partial charge in [-0.2, -0.15) is 5.10 Å². The fourth-order valence-corrected chi connectivity index (χ4v) is 3.20. The molecule has 1 N–H and O–H groups in total. The lowest BCUT2D eigenvalue weighted by Crippen LogP contribution is -2.39. The Balaban J connectivity index is 2.05. The Morgan fingerprint density at radius 3 is 2.37 bits per heavy atom. The largest absolute Gasteiger partial charge is 0.271 e. The van der Waals surface area contributed by atoms with Crippen molar-refractivity contribution >= 4 is 27.8 Å². The number of rotatable bonds is 7. The predicted octanol–water partition coefficient (Wildman–Crippen LogP) is 2.87. The topological polar surface area (TPSA) is 78.8 Å². The lowest BCUT2D eigenvalue weighted by Gasteiger charge is -2.21. The van der Waals surface area contributed by atoms with E-state index in [1.165, 1.54) is 30.0 Å². The van der Waals surface area contributed by atoms with Crippen LogP contribution < -0.4 is 9.73 Å². The maximum atomic E-state index is 13.9. The first-order chi connectivity index (χ1) is 12.7. The minimum atomic E-state index is -3.85. The molecule has 0 atom stereocenters. The third-order valence-electron chi connectivity index (χ3n) is 3.81. The van der Waals surface area contributed by atoms with E-state index in [2.05, 4.69) is 24.4 Å². The first-order valence-corrected chi connectivity index (χ1v) is 10.2. The Morgan fingerprint density at radius 1 is 1.19 bits per heavy atom. The van der Waals surface area contributed by atoms with Crippen molar-refractivity contribution in [2.45, 2.75) is 19.8 Å². The molecule has 0 saturated heterocycles. The van der Waals surface area contributed by atoms with Crippen LogP contribution in [0.25, 0.3) is 0 Å². The molecule has 0 unspecified atom stereocenters. The van der Waals surface area contributed by atoms with Gasteiger partial charge in [-0.15, -0.1) is 0 Å². The molecule has 2 aromatic carbocycles. The second-order valence-corrected chi connectivity index (χ2v) is 8.24. The zero-order valence-electron chi connectivity index (χ0n) is 15.4. The van der Waals surface area contributed by atoms with Gasteiger partial charge in [-0.1, -0.05) is 50.2 Å². The minimum Gasteiger partial charge on any atom is -0.271 e. The van der Waals surface area contributed by atoms with E-state index in [1.54, 1.807) is 0 Å².